The van der Waals surface area contributed by atoms with Crippen LogP contribution in [0.4, 0.5) is 0 Å². The lowest BCUT2D eigenvalue weighted by molar-refractivity contribution is -0.119. The van der Waals surface area contributed by atoms with Crippen LogP contribution >= 0.6 is 0 Å². The molecule has 0 radical (unpaired) electrons. The molecule has 1 aromatic rings. The average molecular weight is 340 g/mol. The zero-order valence-corrected chi connectivity index (χ0v) is 15.1. The molecule has 0 N–H and O–H groups in total. The molecule has 3 aliphatic rings. The maximum Gasteiger partial charge on any atom is 0.164 e. The molecule has 0 heterocycles. The topological polar surface area (TPSA) is 34.1 Å². The first kappa shape index (κ1) is 16.0. The molecule has 5 atom stereocenters. The SMILES string of the molecule is CCCCC1=C(S(=O)c2ccc(C)cc2)[C@H]2[C@@H](C1=O)[C@@H]1C=C[C@H]2C1. The lowest BCUT2D eigenvalue weighted by Crippen LogP contribution is -2.23. The van der Waals surface area contributed by atoms with Crippen molar-refractivity contribution in [2.75, 3.05) is 0 Å². The van der Waals surface area contributed by atoms with Gasteiger partial charge in [0.05, 0.1) is 10.8 Å². The molecule has 4 rings (SSSR count). The van der Waals surface area contributed by atoms with Crippen molar-refractivity contribution in [1.82, 2.24) is 0 Å². The molecule has 0 aromatic heterocycles. The van der Waals surface area contributed by atoms with Gasteiger partial charge < -0.3 is 0 Å². The van der Waals surface area contributed by atoms with E-state index in [0.29, 0.717) is 17.6 Å². The fourth-order valence-electron chi connectivity index (χ4n) is 4.69. The second-order valence-electron chi connectivity index (χ2n) is 7.39. The van der Waals surface area contributed by atoms with E-state index in [2.05, 4.69) is 19.1 Å². The first-order chi connectivity index (χ1) is 11.6. The molecule has 2 bridgehead atoms. The monoisotopic (exact) mass is 340 g/mol. The normalized spacial score (nSPS) is 31.8. The molecule has 3 heteroatoms. The van der Waals surface area contributed by atoms with Gasteiger partial charge >= 0.3 is 0 Å². The summed E-state index contributed by atoms with van der Waals surface area (Å²) in [4.78, 5) is 14.9. The van der Waals surface area contributed by atoms with Crippen LogP contribution < -0.4 is 0 Å². The van der Waals surface area contributed by atoms with Crippen molar-refractivity contribution in [1.29, 1.82) is 0 Å². The Balaban J connectivity index is 1.76. The van der Waals surface area contributed by atoms with Crippen LogP contribution in [0.3, 0.4) is 0 Å². The van der Waals surface area contributed by atoms with E-state index in [1.165, 1.54) is 5.56 Å². The van der Waals surface area contributed by atoms with Gasteiger partial charge in [-0.05, 0) is 50.2 Å². The Morgan fingerprint density at radius 3 is 2.42 bits per heavy atom. The highest BCUT2D eigenvalue weighted by Crippen LogP contribution is 2.57. The number of ketones is 1. The summed E-state index contributed by atoms with van der Waals surface area (Å²) in [6.07, 6.45) is 8.39. The number of Topliss-reactive ketones (excluding diaryl/α,β-unsaturated/α-hetero) is 1. The molecular weight excluding hydrogens is 316 g/mol. The number of unbranched alkanes of at least 4 members (excludes halogenated alkanes) is 1. The van der Waals surface area contributed by atoms with Crippen molar-refractivity contribution >= 4 is 16.6 Å². The summed E-state index contributed by atoms with van der Waals surface area (Å²) in [6.45, 7) is 4.18. The van der Waals surface area contributed by atoms with Crippen molar-refractivity contribution in [3.05, 3.63) is 52.5 Å². The molecule has 0 saturated heterocycles. The van der Waals surface area contributed by atoms with Gasteiger partial charge in [0.25, 0.3) is 0 Å². The standard InChI is InChI=1S/C21H24O2S/c1-3-4-5-17-20(22)18-14-8-9-15(12-14)19(18)21(17)24(23)16-10-6-13(2)7-11-16/h6-11,14-15,18-19H,3-5,12H2,1-2H3/t14-,15+,18+,19-,24?/m1/s1. The van der Waals surface area contributed by atoms with Crippen LogP contribution in [0.15, 0.2) is 51.8 Å². The van der Waals surface area contributed by atoms with Gasteiger partial charge in [-0.1, -0.05) is 43.2 Å². The number of rotatable bonds is 5. The largest absolute Gasteiger partial charge is 0.294 e. The van der Waals surface area contributed by atoms with Crippen LogP contribution in [-0.2, 0) is 15.6 Å². The van der Waals surface area contributed by atoms with Gasteiger partial charge in [0, 0.05) is 27.2 Å². The smallest absolute Gasteiger partial charge is 0.164 e. The Labute approximate surface area is 146 Å². The minimum Gasteiger partial charge on any atom is -0.294 e. The molecule has 1 fully saturated rings. The number of hydrogen-bond acceptors (Lipinski definition) is 2. The summed E-state index contributed by atoms with van der Waals surface area (Å²) in [5, 5.41) is 0. The summed E-state index contributed by atoms with van der Waals surface area (Å²) in [5.41, 5.74) is 2.06. The molecule has 2 nitrogen and oxygen atoms in total. The number of hydrogen-bond donors (Lipinski definition) is 0. The van der Waals surface area contributed by atoms with E-state index in [1.807, 2.05) is 31.2 Å². The maximum absolute atomic E-state index is 13.4. The molecule has 1 aromatic carbocycles. The maximum atomic E-state index is 13.4. The van der Waals surface area contributed by atoms with Gasteiger partial charge in [-0.25, -0.2) is 4.21 Å². The Hall–Kier alpha value is -1.48. The number of benzene rings is 1. The summed E-state index contributed by atoms with van der Waals surface area (Å²) in [7, 11) is -1.21. The zero-order valence-electron chi connectivity index (χ0n) is 14.3. The van der Waals surface area contributed by atoms with Crippen LogP contribution in [-0.4, -0.2) is 9.99 Å². The predicted molar refractivity (Wildman–Crippen MR) is 96.9 cm³/mol. The summed E-state index contributed by atoms with van der Waals surface area (Å²) in [5.74, 6) is 1.32. The van der Waals surface area contributed by atoms with E-state index >= 15 is 0 Å². The van der Waals surface area contributed by atoms with Crippen molar-refractivity contribution in [2.24, 2.45) is 23.7 Å². The quantitative estimate of drug-likeness (QED) is 0.736. The molecule has 0 aliphatic heterocycles. The predicted octanol–water partition coefficient (Wildman–Crippen LogP) is 4.57. The first-order valence-electron chi connectivity index (χ1n) is 9.05. The van der Waals surface area contributed by atoms with E-state index in [1.54, 1.807) is 0 Å². The van der Waals surface area contributed by atoms with Crippen LogP contribution in [0.2, 0.25) is 0 Å². The van der Waals surface area contributed by atoms with Crippen LogP contribution in [0.1, 0.15) is 38.2 Å². The molecule has 126 valence electrons. The minimum absolute atomic E-state index is 0.0660. The van der Waals surface area contributed by atoms with Gasteiger partial charge in [-0.3, -0.25) is 4.79 Å². The van der Waals surface area contributed by atoms with Crippen molar-refractivity contribution in [2.45, 2.75) is 44.4 Å². The second-order valence-corrected chi connectivity index (χ2v) is 8.84. The van der Waals surface area contributed by atoms with E-state index in [4.69, 9.17) is 0 Å². The highest BCUT2D eigenvalue weighted by Gasteiger charge is 2.55. The average Bonchev–Trinajstić information content (AvgIpc) is 3.26. The Morgan fingerprint density at radius 1 is 1.08 bits per heavy atom. The zero-order chi connectivity index (χ0) is 16.8. The third kappa shape index (κ3) is 2.36. The number of fused-ring (bicyclic) bond motifs is 5. The van der Waals surface area contributed by atoms with Gasteiger partial charge in [0.2, 0.25) is 0 Å². The number of aryl methyl sites for hydroxylation is 1. The number of carbonyl (C=O) groups excluding carboxylic acids is 1. The van der Waals surface area contributed by atoms with Gasteiger partial charge in [-0.15, -0.1) is 0 Å². The molecule has 1 saturated carbocycles. The summed E-state index contributed by atoms with van der Waals surface area (Å²) in [6, 6.07) is 7.93. The molecular formula is C21H24O2S. The highest BCUT2D eigenvalue weighted by molar-refractivity contribution is 7.89. The van der Waals surface area contributed by atoms with Crippen LogP contribution in [0, 0.1) is 30.6 Å². The summed E-state index contributed by atoms with van der Waals surface area (Å²) < 4.78 is 13.4. The molecule has 24 heavy (non-hydrogen) atoms. The fourth-order valence-corrected chi connectivity index (χ4v) is 6.32. The minimum atomic E-state index is -1.21. The fraction of sp³-hybridized carbons (Fsp3) is 0.476. The first-order valence-corrected chi connectivity index (χ1v) is 10.2. The Bertz CT molecular complexity index is 757. The van der Waals surface area contributed by atoms with Gasteiger partial charge in [0.15, 0.2) is 5.78 Å². The molecule has 3 aliphatic carbocycles. The Morgan fingerprint density at radius 2 is 1.75 bits per heavy atom. The Kier molecular flexibility index (Phi) is 4.07. The van der Waals surface area contributed by atoms with E-state index in [0.717, 1.165) is 41.1 Å². The van der Waals surface area contributed by atoms with E-state index in [-0.39, 0.29) is 11.8 Å². The highest BCUT2D eigenvalue weighted by atomic mass is 32.2. The number of allylic oxidation sites excluding steroid dienone is 4. The molecule has 1 unspecified atom stereocenters. The third-order valence-electron chi connectivity index (χ3n) is 5.87. The van der Waals surface area contributed by atoms with Gasteiger partial charge in [-0.2, -0.15) is 0 Å². The summed E-state index contributed by atoms with van der Waals surface area (Å²) >= 11 is 0. The third-order valence-corrected chi connectivity index (χ3v) is 7.49. The van der Waals surface area contributed by atoms with E-state index < -0.39 is 10.8 Å². The van der Waals surface area contributed by atoms with Crippen molar-refractivity contribution < 1.29 is 9.00 Å². The van der Waals surface area contributed by atoms with Gasteiger partial charge in [0.1, 0.15) is 0 Å². The van der Waals surface area contributed by atoms with Crippen molar-refractivity contribution in [3.63, 3.8) is 0 Å². The molecule has 0 amide bonds. The van der Waals surface area contributed by atoms with Crippen LogP contribution in [0.5, 0.6) is 0 Å². The lowest BCUT2D eigenvalue weighted by Gasteiger charge is -2.22. The van der Waals surface area contributed by atoms with E-state index in [9.17, 15) is 9.00 Å². The number of carbonyl (C=O) groups is 1. The van der Waals surface area contributed by atoms with Crippen molar-refractivity contribution in [3.8, 4) is 0 Å². The van der Waals surface area contributed by atoms with Crippen LogP contribution in [0.25, 0.3) is 0 Å². The lowest BCUT2D eigenvalue weighted by atomic mass is 9.84. The second kappa shape index (κ2) is 6.11. The molecule has 0 spiro atoms.